The molecule has 0 fully saturated rings. The predicted octanol–water partition coefficient (Wildman–Crippen LogP) is 2.62. The molecule has 0 saturated heterocycles. The highest BCUT2D eigenvalue weighted by atomic mass is 16.5. The number of aliphatic carboxylic acids is 1. The maximum absolute atomic E-state index is 11.8. The quantitative estimate of drug-likeness (QED) is 0.307. The Bertz CT molecular complexity index is 857. The molecule has 0 aliphatic rings. The topological polar surface area (TPSA) is 118 Å². The van der Waals surface area contributed by atoms with Crippen LogP contribution in [0.2, 0.25) is 0 Å². The number of hydrogen-bond acceptors (Lipinski definition) is 5. The van der Waals surface area contributed by atoms with Gasteiger partial charge in [0.1, 0.15) is 23.9 Å². The van der Waals surface area contributed by atoms with Gasteiger partial charge in [-0.05, 0) is 48.9 Å². The number of hydrogen-bond donors (Lipinski definition) is 4. The maximum Gasteiger partial charge on any atom is 0.330 e. The molecule has 27 heavy (non-hydrogen) atoms. The number of anilines is 1. The third kappa shape index (κ3) is 5.41. The molecule has 0 radical (unpaired) electrons. The number of nitrogen functional groups attached to an aromatic ring is 1. The van der Waals surface area contributed by atoms with Crippen LogP contribution in [0.25, 0.3) is 0 Å². The van der Waals surface area contributed by atoms with Crippen LogP contribution < -0.4 is 20.5 Å². The zero-order valence-corrected chi connectivity index (χ0v) is 14.9. The van der Waals surface area contributed by atoms with E-state index in [-0.39, 0.29) is 12.4 Å². The van der Waals surface area contributed by atoms with Crippen molar-refractivity contribution in [3.63, 3.8) is 0 Å². The molecule has 1 atom stereocenters. The van der Waals surface area contributed by atoms with Crippen molar-refractivity contribution in [1.29, 1.82) is 5.41 Å². The number of terminal acetylenes is 1. The lowest BCUT2D eigenvalue weighted by molar-refractivity contribution is -0.138. The van der Waals surface area contributed by atoms with Gasteiger partial charge in [0, 0.05) is 17.3 Å². The van der Waals surface area contributed by atoms with Crippen molar-refractivity contribution >= 4 is 17.5 Å². The highest BCUT2D eigenvalue weighted by molar-refractivity contribution is 5.95. The van der Waals surface area contributed by atoms with E-state index in [1.165, 1.54) is 0 Å². The highest BCUT2D eigenvalue weighted by Gasteiger charge is 2.21. The Morgan fingerprint density at radius 3 is 2.41 bits per heavy atom. The van der Waals surface area contributed by atoms with E-state index in [1.807, 2.05) is 6.92 Å². The summed E-state index contributed by atoms with van der Waals surface area (Å²) in [5.41, 5.74) is 7.01. The second kappa shape index (κ2) is 9.15. The molecular formula is C20H21N3O4. The summed E-state index contributed by atoms with van der Waals surface area (Å²) in [6.07, 6.45) is 5.22. The summed E-state index contributed by atoms with van der Waals surface area (Å²) in [5, 5.41) is 20.1. The zero-order chi connectivity index (χ0) is 19.8. The van der Waals surface area contributed by atoms with Crippen molar-refractivity contribution in [2.45, 2.75) is 13.0 Å². The molecule has 0 aliphatic heterocycles. The molecule has 2 aromatic carbocycles. The van der Waals surface area contributed by atoms with Gasteiger partial charge in [-0.1, -0.05) is 5.92 Å². The molecule has 0 bridgehead atoms. The molecule has 5 N–H and O–H groups in total. The lowest BCUT2D eigenvalue weighted by atomic mass is 10.1. The Hall–Kier alpha value is -3.66. The largest absolute Gasteiger partial charge is 0.494 e. The number of rotatable bonds is 9. The molecule has 0 heterocycles. The predicted molar refractivity (Wildman–Crippen MR) is 103 cm³/mol. The first-order valence-corrected chi connectivity index (χ1v) is 8.22. The van der Waals surface area contributed by atoms with Gasteiger partial charge in [-0.3, -0.25) is 5.41 Å². The van der Waals surface area contributed by atoms with Gasteiger partial charge < -0.3 is 25.6 Å². The van der Waals surface area contributed by atoms with Gasteiger partial charge in [0.05, 0.1) is 6.61 Å². The van der Waals surface area contributed by atoms with Crippen LogP contribution in [-0.2, 0) is 4.79 Å². The maximum atomic E-state index is 11.8. The average Bonchev–Trinajstić information content (AvgIpc) is 2.64. The molecule has 7 heteroatoms. The van der Waals surface area contributed by atoms with E-state index in [1.54, 1.807) is 42.5 Å². The third-order valence-electron chi connectivity index (χ3n) is 3.62. The van der Waals surface area contributed by atoms with Gasteiger partial charge in [-0.25, -0.2) is 4.79 Å². The van der Waals surface area contributed by atoms with E-state index < -0.39 is 12.0 Å². The standard InChI is InChI=1S/C20H21N3O4/c1-3-9-27-17-11-14(10-16(12-17)26-4-2)18(20(24)25)23-15-7-5-13(6-8-15)19(21)22/h1,5-8,10-12,18,23H,4,9H2,2H3,(H3,21,22)(H,24,25). The van der Waals surface area contributed by atoms with Crippen LogP contribution in [-0.4, -0.2) is 30.1 Å². The van der Waals surface area contributed by atoms with Crippen molar-refractivity contribution < 1.29 is 19.4 Å². The minimum absolute atomic E-state index is 0.0592. The van der Waals surface area contributed by atoms with Gasteiger partial charge in [0.25, 0.3) is 0 Å². The number of nitrogens with two attached hydrogens (primary N) is 1. The van der Waals surface area contributed by atoms with Gasteiger partial charge in [0.15, 0.2) is 6.04 Å². The number of nitrogens with one attached hydrogen (secondary N) is 2. The van der Waals surface area contributed by atoms with Crippen molar-refractivity contribution in [3.8, 4) is 23.8 Å². The van der Waals surface area contributed by atoms with Crippen LogP contribution in [0.3, 0.4) is 0 Å². The number of carboxylic acids is 1. The van der Waals surface area contributed by atoms with Crippen molar-refractivity contribution in [2.75, 3.05) is 18.5 Å². The highest BCUT2D eigenvalue weighted by Crippen LogP contribution is 2.29. The van der Waals surface area contributed by atoms with Crippen LogP contribution >= 0.6 is 0 Å². The fraction of sp³-hybridized carbons (Fsp3) is 0.200. The van der Waals surface area contributed by atoms with E-state index in [2.05, 4.69) is 11.2 Å². The van der Waals surface area contributed by atoms with Crippen LogP contribution in [0.5, 0.6) is 11.5 Å². The summed E-state index contributed by atoms with van der Waals surface area (Å²) in [4.78, 5) is 11.8. The number of benzene rings is 2. The Morgan fingerprint density at radius 1 is 1.26 bits per heavy atom. The number of carboxylic acid groups (broad SMARTS) is 1. The lowest BCUT2D eigenvalue weighted by Crippen LogP contribution is -2.21. The van der Waals surface area contributed by atoms with Crippen LogP contribution in [0, 0.1) is 17.8 Å². The molecule has 0 aromatic heterocycles. The summed E-state index contributed by atoms with van der Waals surface area (Å²) in [5.74, 6) is 2.16. The molecule has 0 aliphatic carbocycles. The molecule has 0 amide bonds. The third-order valence-corrected chi connectivity index (χ3v) is 3.62. The molecule has 2 rings (SSSR count). The monoisotopic (exact) mass is 367 g/mol. The minimum Gasteiger partial charge on any atom is -0.494 e. The molecular weight excluding hydrogens is 346 g/mol. The SMILES string of the molecule is C#CCOc1cc(OCC)cc(C(Nc2ccc(C(=N)N)cc2)C(=O)O)c1. The van der Waals surface area contributed by atoms with Gasteiger partial charge >= 0.3 is 5.97 Å². The number of ether oxygens (including phenoxy) is 2. The van der Waals surface area contributed by atoms with Gasteiger partial charge in [-0.15, -0.1) is 6.42 Å². The summed E-state index contributed by atoms with van der Waals surface area (Å²) >= 11 is 0. The first-order chi connectivity index (χ1) is 12.9. The Kier molecular flexibility index (Phi) is 6.67. The van der Waals surface area contributed by atoms with Gasteiger partial charge in [-0.2, -0.15) is 0 Å². The average molecular weight is 367 g/mol. The van der Waals surface area contributed by atoms with E-state index in [4.69, 9.17) is 27.0 Å². The lowest BCUT2D eigenvalue weighted by Gasteiger charge is -2.18. The molecule has 1 unspecified atom stereocenters. The van der Waals surface area contributed by atoms with Crippen molar-refractivity contribution in [3.05, 3.63) is 53.6 Å². The van der Waals surface area contributed by atoms with Crippen molar-refractivity contribution in [1.82, 2.24) is 0 Å². The molecule has 0 spiro atoms. The fourth-order valence-corrected chi connectivity index (χ4v) is 2.42. The van der Waals surface area contributed by atoms with Crippen molar-refractivity contribution in [2.24, 2.45) is 5.73 Å². The number of amidine groups is 1. The number of carbonyl (C=O) groups is 1. The minimum atomic E-state index is -1.07. The van der Waals surface area contributed by atoms with Crippen LogP contribution in [0.1, 0.15) is 24.1 Å². The summed E-state index contributed by atoms with van der Waals surface area (Å²) in [6.45, 7) is 2.32. The Labute approximate surface area is 157 Å². The molecule has 0 saturated carbocycles. The second-order valence-electron chi connectivity index (χ2n) is 5.57. The fourth-order valence-electron chi connectivity index (χ4n) is 2.42. The van der Waals surface area contributed by atoms with Gasteiger partial charge in [0.2, 0.25) is 0 Å². The molecule has 2 aromatic rings. The van der Waals surface area contributed by atoms with E-state index in [9.17, 15) is 9.90 Å². The van der Waals surface area contributed by atoms with E-state index in [0.29, 0.717) is 34.9 Å². The Balaban J connectivity index is 2.34. The first-order valence-electron chi connectivity index (χ1n) is 8.22. The van der Waals surface area contributed by atoms with E-state index in [0.717, 1.165) is 0 Å². The summed E-state index contributed by atoms with van der Waals surface area (Å²) in [7, 11) is 0. The second-order valence-corrected chi connectivity index (χ2v) is 5.57. The zero-order valence-electron chi connectivity index (χ0n) is 14.9. The molecule has 140 valence electrons. The van der Waals surface area contributed by atoms with Crippen LogP contribution in [0.15, 0.2) is 42.5 Å². The van der Waals surface area contributed by atoms with E-state index >= 15 is 0 Å². The summed E-state index contributed by atoms with van der Waals surface area (Å²) in [6, 6.07) is 10.5. The normalized spacial score (nSPS) is 11.1. The Morgan fingerprint density at radius 2 is 1.89 bits per heavy atom. The smallest absolute Gasteiger partial charge is 0.330 e. The molecule has 7 nitrogen and oxygen atoms in total. The first kappa shape index (κ1) is 19.7. The summed E-state index contributed by atoms with van der Waals surface area (Å²) < 4.78 is 10.9. The van der Waals surface area contributed by atoms with Crippen LogP contribution in [0.4, 0.5) is 5.69 Å².